The van der Waals surface area contributed by atoms with Gasteiger partial charge in [0.2, 0.25) is 0 Å². The zero-order chi connectivity index (χ0) is 17.2. The summed E-state index contributed by atoms with van der Waals surface area (Å²) in [6, 6.07) is 11.1. The number of hydrogen-bond donors (Lipinski definition) is 0. The summed E-state index contributed by atoms with van der Waals surface area (Å²) in [5.41, 5.74) is 3.48. The Morgan fingerprint density at radius 3 is 3.00 bits per heavy atom. The van der Waals surface area contributed by atoms with Crippen molar-refractivity contribution in [2.24, 2.45) is 0 Å². The summed E-state index contributed by atoms with van der Waals surface area (Å²) in [5.74, 6) is 0.943. The molecule has 0 amide bonds. The van der Waals surface area contributed by atoms with Gasteiger partial charge in [0.15, 0.2) is 5.65 Å². The minimum Gasteiger partial charge on any atom is -0.349 e. The highest BCUT2D eigenvalue weighted by molar-refractivity contribution is 5.87. The highest BCUT2D eigenvalue weighted by Gasteiger charge is 2.29. The van der Waals surface area contributed by atoms with Crippen molar-refractivity contribution < 1.29 is 0 Å². The van der Waals surface area contributed by atoms with Gasteiger partial charge in [-0.2, -0.15) is 10.4 Å². The summed E-state index contributed by atoms with van der Waals surface area (Å²) in [6.45, 7) is 3.70. The van der Waals surface area contributed by atoms with Crippen LogP contribution < -0.4 is 4.90 Å². The second-order valence-corrected chi connectivity index (χ2v) is 6.42. The number of nitrogens with zero attached hydrogens (tertiary/aromatic N) is 6. The van der Waals surface area contributed by atoms with E-state index in [2.05, 4.69) is 57.2 Å². The van der Waals surface area contributed by atoms with E-state index < -0.39 is 0 Å². The van der Waals surface area contributed by atoms with Gasteiger partial charge >= 0.3 is 0 Å². The van der Waals surface area contributed by atoms with Gasteiger partial charge < -0.3 is 4.90 Å². The van der Waals surface area contributed by atoms with Gasteiger partial charge in [0.1, 0.15) is 12.1 Å². The Morgan fingerprint density at radius 1 is 1.28 bits per heavy atom. The molecule has 126 valence electrons. The van der Waals surface area contributed by atoms with Gasteiger partial charge in [-0.15, -0.1) is 0 Å². The maximum absolute atomic E-state index is 8.82. The van der Waals surface area contributed by atoms with Crippen LogP contribution in [0.5, 0.6) is 0 Å². The normalized spacial score (nSPS) is 17.1. The molecule has 0 aliphatic carbocycles. The molecule has 1 saturated heterocycles. The van der Waals surface area contributed by atoms with Gasteiger partial charge in [-0.05, 0) is 30.9 Å². The lowest BCUT2D eigenvalue weighted by Gasteiger charge is -2.27. The number of benzene rings is 1. The Morgan fingerprint density at radius 2 is 2.16 bits per heavy atom. The minimum absolute atomic E-state index is 0.335. The molecule has 6 heteroatoms. The van der Waals surface area contributed by atoms with Crippen LogP contribution in [0.3, 0.4) is 0 Å². The summed E-state index contributed by atoms with van der Waals surface area (Å²) in [6.07, 6.45) is 6.13. The monoisotopic (exact) mass is 332 g/mol. The van der Waals surface area contributed by atoms with E-state index in [1.54, 1.807) is 11.0 Å². The molecular formula is C19H20N6. The molecule has 2 aromatic heterocycles. The zero-order valence-electron chi connectivity index (χ0n) is 14.3. The van der Waals surface area contributed by atoms with E-state index in [4.69, 9.17) is 5.26 Å². The largest absolute Gasteiger partial charge is 0.349 e. The maximum Gasteiger partial charge on any atom is 0.163 e. The predicted molar refractivity (Wildman–Crippen MR) is 96.1 cm³/mol. The van der Waals surface area contributed by atoms with Gasteiger partial charge in [-0.1, -0.05) is 24.3 Å². The fourth-order valence-electron chi connectivity index (χ4n) is 3.73. The molecule has 1 unspecified atom stereocenters. The Hall–Kier alpha value is -2.94. The first-order chi connectivity index (χ1) is 12.3. The average molecular weight is 332 g/mol. The number of hydrogen-bond acceptors (Lipinski definition) is 5. The van der Waals surface area contributed by atoms with Crippen LogP contribution in [0.15, 0.2) is 36.8 Å². The van der Waals surface area contributed by atoms with Crippen LogP contribution in [0, 0.1) is 18.3 Å². The van der Waals surface area contributed by atoms with E-state index >= 15 is 0 Å². The molecule has 1 fully saturated rings. The summed E-state index contributed by atoms with van der Waals surface area (Å²) in [4.78, 5) is 11.4. The zero-order valence-corrected chi connectivity index (χ0v) is 14.3. The molecule has 3 aromatic rings. The van der Waals surface area contributed by atoms with Crippen LogP contribution in [0.2, 0.25) is 0 Å². The SMILES string of the molecule is Cc1ccccc1C1CCCN1c1ncnc2c1cnn2CCC#N. The molecule has 3 heterocycles. The third-order valence-electron chi connectivity index (χ3n) is 4.92. The number of aryl methyl sites for hydroxylation is 2. The molecule has 1 aromatic carbocycles. The van der Waals surface area contributed by atoms with Crippen molar-refractivity contribution in [2.45, 2.75) is 38.8 Å². The Labute approximate surface area is 146 Å². The number of rotatable bonds is 4. The highest BCUT2D eigenvalue weighted by atomic mass is 15.3. The lowest BCUT2D eigenvalue weighted by molar-refractivity contribution is 0.643. The minimum atomic E-state index is 0.335. The molecule has 1 aliphatic rings. The van der Waals surface area contributed by atoms with Crippen molar-refractivity contribution >= 4 is 16.9 Å². The summed E-state index contributed by atoms with van der Waals surface area (Å²) in [5, 5.41) is 14.2. The third kappa shape index (κ3) is 2.72. The van der Waals surface area contributed by atoms with E-state index in [0.717, 1.165) is 36.2 Å². The lowest BCUT2D eigenvalue weighted by atomic mass is 9.99. The number of anilines is 1. The number of fused-ring (bicyclic) bond motifs is 1. The predicted octanol–water partition coefficient (Wildman–Crippen LogP) is 3.39. The summed E-state index contributed by atoms with van der Waals surface area (Å²) in [7, 11) is 0. The van der Waals surface area contributed by atoms with Crippen LogP contribution >= 0.6 is 0 Å². The summed E-state index contributed by atoms with van der Waals surface area (Å²) >= 11 is 0. The lowest BCUT2D eigenvalue weighted by Crippen LogP contribution is -2.24. The molecule has 1 atom stereocenters. The number of aromatic nitrogens is 4. The van der Waals surface area contributed by atoms with Crippen molar-refractivity contribution in [2.75, 3.05) is 11.4 Å². The molecule has 25 heavy (non-hydrogen) atoms. The van der Waals surface area contributed by atoms with Crippen LogP contribution in [0.25, 0.3) is 11.0 Å². The fourth-order valence-corrected chi connectivity index (χ4v) is 3.73. The van der Waals surface area contributed by atoms with E-state index in [-0.39, 0.29) is 0 Å². The molecule has 0 radical (unpaired) electrons. The van der Waals surface area contributed by atoms with Crippen molar-refractivity contribution in [1.82, 2.24) is 19.7 Å². The second kappa shape index (κ2) is 6.52. The van der Waals surface area contributed by atoms with Crippen molar-refractivity contribution in [3.05, 3.63) is 47.9 Å². The quantitative estimate of drug-likeness (QED) is 0.732. The molecule has 6 nitrogen and oxygen atoms in total. The van der Waals surface area contributed by atoms with Gasteiger partial charge in [-0.3, -0.25) is 0 Å². The Balaban J connectivity index is 1.75. The molecule has 0 spiro atoms. The smallest absolute Gasteiger partial charge is 0.163 e. The first-order valence-electron chi connectivity index (χ1n) is 8.65. The van der Waals surface area contributed by atoms with Gasteiger partial charge in [0.05, 0.1) is 36.7 Å². The molecule has 4 rings (SSSR count). The van der Waals surface area contributed by atoms with E-state index in [0.29, 0.717) is 19.0 Å². The topological polar surface area (TPSA) is 70.6 Å². The first kappa shape index (κ1) is 15.6. The van der Waals surface area contributed by atoms with Crippen molar-refractivity contribution in [3.8, 4) is 6.07 Å². The molecule has 1 aliphatic heterocycles. The first-order valence-corrected chi connectivity index (χ1v) is 8.65. The average Bonchev–Trinajstić information content (AvgIpc) is 3.27. The molecule has 0 bridgehead atoms. The van der Waals surface area contributed by atoms with Gasteiger partial charge in [-0.25, -0.2) is 14.6 Å². The van der Waals surface area contributed by atoms with Crippen molar-refractivity contribution in [3.63, 3.8) is 0 Å². The summed E-state index contributed by atoms with van der Waals surface area (Å²) < 4.78 is 1.79. The molecule has 0 N–H and O–H groups in total. The van der Waals surface area contributed by atoms with Crippen LogP contribution in [-0.4, -0.2) is 26.3 Å². The van der Waals surface area contributed by atoms with E-state index in [1.807, 2.05) is 6.20 Å². The highest BCUT2D eigenvalue weighted by Crippen LogP contribution is 2.38. The van der Waals surface area contributed by atoms with Gasteiger partial charge in [0, 0.05) is 6.54 Å². The van der Waals surface area contributed by atoms with Crippen LogP contribution in [0.4, 0.5) is 5.82 Å². The Kier molecular flexibility index (Phi) is 4.06. The molecular weight excluding hydrogens is 312 g/mol. The van der Waals surface area contributed by atoms with Gasteiger partial charge in [0.25, 0.3) is 0 Å². The van der Waals surface area contributed by atoms with E-state index in [9.17, 15) is 0 Å². The number of nitriles is 1. The fraction of sp³-hybridized carbons (Fsp3) is 0.368. The standard InChI is InChI=1S/C19H20N6/c1-14-6-2-3-7-15(14)17-8-4-10-24(17)18-16-12-23-25(11-5-9-20)19(16)22-13-21-18/h2-3,6-7,12-13,17H,4-5,8,10-11H2,1H3. The second-order valence-electron chi connectivity index (χ2n) is 6.42. The van der Waals surface area contributed by atoms with Crippen LogP contribution in [0.1, 0.15) is 36.4 Å². The molecule has 0 saturated carbocycles. The Bertz CT molecular complexity index is 938. The maximum atomic E-state index is 8.82. The third-order valence-corrected chi connectivity index (χ3v) is 4.92. The van der Waals surface area contributed by atoms with Crippen LogP contribution in [-0.2, 0) is 6.54 Å². The van der Waals surface area contributed by atoms with Crippen molar-refractivity contribution in [1.29, 1.82) is 5.26 Å². The van der Waals surface area contributed by atoms with E-state index in [1.165, 1.54) is 11.1 Å².